The Morgan fingerprint density at radius 3 is 2.70 bits per heavy atom. The van der Waals surface area contributed by atoms with E-state index in [1.807, 2.05) is 6.07 Å². The van der Waals surface area contributed by atoms with Gasteiger partial charge in [-0.2, -0.15) is 5.10 Å². The molecule has 0 bridgehead atoms. The predicted octanol–water partition coefficient (Wildman–Crippen LogP) is 3.58. The zero-order valence-electron chi connectivity index (χ0n) is 15.8. The number of methoxy groups -OCH3 is 1. The zero-order valence-corrected chi connectivity index (χ0v) is 17.4. The van der Waals surface area contributed by atoms with Crippen molar-refractivity contribution in [1.82, 2.24) is 15.1 Å². The quantitative estimate of drug-likeness (QED) is 0.319. The first-order valence-corrected chi connectivity index (χ1v) is 9.60. The van der Waals surface area contributed by atoms with E-state index in [1.54, 1.807) is 24.3 Å². The number of amides is 1. The number of nitrogens with zero attached hydrogens (tertiary/aromatic N) is 3. The van der Waals surface area contributed by atoms with Crippen molar-refractivity contribution in [3.8, 4) is 5.69 Å². The fourth-order valence-corrected chi connectivity index (χ4v) is 3.21. The number of halogens is 1. The molecule has 0 aliphatic heterocycles. The molecular formula is C20H17BrN4O5. The van der Waals surface area contributed by atoms with Crippen LogP contribution in [0, 0.1) is 10.1 Å². The van der Waals surface area contributed by atoms with E-state index in [2.05, 4.69) is 26.3 Å². The largest absolute Gasteiger partial charge is 0.469 e. The molecule has 0 saturated heterocycles. The Hall–Kier alpha value is -3.53. The topological polar surface area (TPSA) is 116 Å². The van der Waals surface area contributed by atoms with Gasteiger partial charge in [0.2, 0.25) is 0 Å². The Bertz CT molecular complexity index is 1100. The van der Waals surface area contributed by atoms with Gasteiger partial charge in [-0.15, -0.1) is 0 Å². The fraction of sp³-hybridized carbons (Fsp3) is 0.150. The highest BCUT2D eigenvalue weighted by atomic mass is 79.9. The van der Waals surface area contributed by atoms with Crippen LogP contribution in [0.25, 0.3) is 5.69 Å². The summed E-state index contributed by atoms with van der Waals surface area (Å²) in [5, 5.41) is 18.0. The van der Waals surface area contributed by atoms with Crippen LogP contribution in [0.4, 0.5) is 5.69 Å². The summed E-state index contributed by atoms with van der Waals surface area (Å²) in [7, 11) is 1.28. The van der Waals surface area contributed by atoms with Gasteiger partial charge in [0.25, 0.3) is 11.6 Å². The number of carbonyl (C=O) groups excluding carboxylic acids is 2. The van der Waals surface area contributed by atoms with Crippen molar-refractivity contribution in [2.45, 2.75) is 12.5 Å². The van der Waals surface area contributed by atoms with E-state index in [9.17, 15) is 19.7 Å². The summed E-state index contributed by atoms with van der Waals surface area (Å²) in [5.41, 5.74) is 1.19. The molecule has 1 N–H and O–H groups in total. The molecule has 1 unspecified atom stereocenters. The number of nitrogens with one attached hydrogen (secondary N) is 1. The number of hydrogen-bond acceptors (Lipinski definition) is 6. The Balaban J connectivity index is 1.82. The first-order chi connectivity index (χ1) is 14.4. The van der Waals surface area contributed by atoms with Gasteiger partial charge in [-0.05, 0) is 29.8 Å². The van der Waals surface area contributed by atoms with Crippen LogP contribution >= 0.6 is 15.9 Å². The number of nitro groups is 1. The van der Waals surface area contributed by atoms with E-state index in [0.717, 1.165) is 10.0 Å². The SMILES string of the molecule is COC(=O)CC(NC(=O)c1ccn(-c2cccc([N+](=O)[O-])c2)n1)c1cccc(Br)c1. The molecule has 0 aliphatic rings. The van der Waals surface area contributed by atoms with Gasteiger partial charge >= 0.3 is 5.97 Å². The number of non-ortho nitro benzene ring substituents is 1. The van der Waals surface area contributed by atoms with Gasteiger partial charge in [0, 0.05) is 22.8 Å². The smallest absolute Gasteiger partial charge is 0.307 e. The van der Waals surface area contributed by atoms with Gasteiger partial charge in [0.05, 0.1) is 30.2 Å². The van der Waals surface area contributed by atoms with Gasteiger partial charge in [-0.25, -0.2) is 4.68 Å². The van der Waals surface area contributed by atoms with Crippen LogP contribution in [0.3, 0.4) is 0 Å². The molecule has 30 heavy (non-hydrogen) atoms. The Labute approximate surface area is 179 Å². The van der Waals surface area contributed by atoms with E-state index < -0.39 is 22.8 Å². The molecule has 0 spiro atoms. The molecular weight excluding hydrogens is 456 g/mol. The van der Waals surface area contributed by atoms with Gasteiger partial charge in [-0.3, -0.25) is 19.7 Å². The molecule has 2 aromatic carbocycles. The maximum absolute atomic E-state index is 12.7. The molecule has 1 heterocycles. The maximum Gasteiger partial charge on any atom is 0.307 e. The number of ether oxygens (including phenoxy) is 1. The minimum atomic E-state index is -0.620. The van der Waals surface area contributed by atoms with E-state index in [-0.39, 0.29) is 17.8 Å². The Kier molecular flexibility index (Phi) is 6.58. The first-order valence-electron chi connectivity index (χ1n) is 8.81. The monoisotopic (exact) mass is 472 g/mol. The summed E-state index contributed by atoms with van der Waals surface area (Å²) in [5.74, 6) is -0.963. The molecule has 10 heteroatoms. The van der Waals surface area contributed by atoms with E-state index in [1.165, 1.54) is 42.3 Å². The molecule has 154 valence electrons. The number of carbonyl (C=O) groups is 2. The highest BCUT2D eigenvalue weighted by molar-refractivity contribution is 9.10. The summed E-state index contributed by atoms with van der Waals surface area (Å²) in [6, 6.07) is 14.0. The van der Waals surface area contributed by atoms with Crippen molar-refractivity contribution in [3.05, 3.63) is 86.6 Å². The van der Waals surface area contributed by atoms with Crippen molar-refractivity contribution in [3.63, 3.8) is 0 Å². The number of rotatable bonds is 7. The molecule has 1 aromatic heterocycles. The molecule has 1 atom stereocenters. The predicted molar refractivity (Wildman–Crippen MR) is 111 cm³/mol. The minimum absolute atomic E-state index is 0.0513. The molecule has 1 amide bonds. The molecule has 0 saturated carbocycles. The fourth-order valence-electron chi connectivity index (χ4n) is 2.80. The number of nitro benzene ring substituents is 1. The van der Waals surface area contributed by atoms with E-state index in [4.69, 9.17) is 4.74 Å². The van der Waals surface area contributed by atoms with Crippen molar-refractivity contribution >= 4 is 33.5 Å². The third-order valence-electron chi connectivity index (χ3n) is 4.28. The summed E-state index contributed by atoms with van der Waals surface area (Å²) in [6.07, 6.45) is 1.48. The molecule has 0 radical (unpaired) electrons. The lowest BCUT2D eigenvalue weighted by molar-refractivity contribution is -0.384. The van der Waals surface area contributed by atoms with Crippen molar-refractivity contribution in [2.75, 3.05) is 7.11 Å². The minimum Gasteiger partial charge on any atom is -0.469 e. The second-order valence-electron chi connectivity index (χ2n) is 6.28. The summed E-state index contributed by atoms with van der Waals surface area (Å²) in [6.45, 7) is 0. The van der Waals surface area contributed by atoms with Gasteiger partial charge < -0.3 is 10.1 Å². The Morgan fingerprint density at radius 1 is 1.23 bits per heavy atom. The maximum atomic E-state index is 12.7. The summed E-state index contributed by atoms with van der Waals surface area (Å²) < 4.78 is 6.91. The molecule has 9 nitrogen and oxygen atoms in total. The first kappa shape index (κ1) is 21.2. The third kappa shape index (κ3) is 5.09. The molecule has 0 fully saturated rings. The van der Waals surface area contributed by atoms with Crippen LogP contribution in [-0.2, 0) is 9.53 Å². The summed E-state index contributed by atoms with van der Waals surface area (Å²) in [4.78, 5) is 35.0. The van der Waals surface area contributed by atoms with Gasteiger partial charge in [0.15, 0.2) is 5.69 Å². The number of benzene rings is 2. The average Bonchev–Trinajstić information content (AvgIpc) is 3.23. The molecule has 3 rings (SSSR count). The highest BCUT2D eigenvalue weighted by Crippen LogP contribution is 2.22. The van der Waals surface area contributed by atoms with E-state index in [0.29, 0.717) is 5.69 Å². The lowest BCUT2D eigenvalue weighted by Gasteiger charge is -2.18. The molecule has 3 aromatic rings. The van der Waals surface area contributed by atoms with Crippen molar-refractivity contribution in [2.24, 2.45) is 0 Å². The van der Waals surface area contributed by atoms with Crippen LogP contribution in [0.1, 0.15) is 28.5 Å². The number of aromatic nitrogens is 2. The van der Waals surface area contributed by atoms with Gasteiger partial charge in [0.1, 0.15) is 0 Å². The lowest BCUT2D eigenvalue weighted by atomic mass is 10.0. The van der Waals surface area contributed by atoms with Crippen LogP contribution in [-0.4, -0.2) is 33.7 Å². The van der Waals surface area contributed by atoms with Crippen LogP contribution < -0.4 is 5.32 Å². The standard InChI is InChI=1S/C20H17BrN4O5/c1-30-19(26)12-18(13-4-2-5-14(21)10-13)22-20(27)17-8-9-24(23-17)15-6-3-7-16(11-15)25(28)29/h2-11,18H,12H2,1H3,(H,22,27). The Morgan fingerprint density at radius 2 is 2.00 bits per heavy atom. The van der Waals surface area contributed by atoms with Crippen molar-refractivity contribution < 1.29 is 19.2 Å². The lowest BCUT2D eigenvalue weighted by Crippen LogP contribution is -2.31. The second-order valence-corrected chi connectivity index (χ2v) is 7.20. The van der Waals surface area contributed by atoms with Crippen molar-refractivity contribution in [1.29, 1.82) is 0 Å². The van der Waals surface area contributed by atoms with Crippen LogP contribution in [0.2, 0.25) is 0 Å². The summed E-state index contributed by atoms with van der Waals surface area (Å²) >= 11 is 3.38. The third-order valence-corrected chi connectivity index (χ3v) is 4.77. The molecule has 0 aliphatic carbocycles. The van der Waals surface area contributed by atoms with E-state index >= 15 is 0 Å². The van der Waals surface area contributed by atoms with Crippen LogP contribution in [0.5, 0.6) is 0 Å². The van der Waals surface area contributed by atoms with Crippen LogP contribution in [0.15, 0.2) is 65.3 Å². The number of hydrogen-bond donors (Lipinski definition) is 1. The number of esters is 1. The van der Waals surface area contributed by atoms with Gasteiger partial charge in [-0.1, -0.05) is 34.1 Å². The average molecular weight is 473 g/mol. The normalized spacial score (nSPS) is 11.5. The zero-order chi connectivity index (χ0) is 21.7. The second kappa shape index (κ2) is 9.31. The highest BCUT2D eigenvalue weighted by Gasteiger charge is 2.21.